The number of ether oxygens (including phenoxy) is 1. The Labute approximate surface area is 108 Å². The van der Waals surface area contributed by atoms with Crippen LogP contribution in [0, 0.1) is 0 Å². The number of pyridine rings is 1. The van der Waals surface area contributed by atoms with E-state index in [4.69, 9.17) is 4.74 Å². The van der Waals surface area contributed by atoms with Crippen LogP contribution in [-0.4, -0.2) is 10.1 Å². The molecule has 1 heterocycles. The maximum absolute atomic E-state index is 9.23. The zero-order valence-electron chi connectivity index (χ0n) is 9.14. The standard InChI is InChI=1S/C13H12BrNO2/c14-12-3-4-13(11(6-12)8-16)17-9-10-2-1-5-15-7-10/h1-7,16H,8-9H2. The summed E-state index contributed by atoms with van der Waals surface area (Å²) >= 11 is 3.36. The van der Waals surface area contributed by atoms with Gasteiger partial charge in [0.15, 0.2) is 0 Å². The first-order valence-corrected chi connectivity index (χ1v) is 6.00. The third-order valence-electron chi connectivity index (χ3n) is 2.31. The smallest absolute Gasteiger partial charge is 0.125 e. The summed E-state index contributed by atoms with van der Waals surface area (Å²) in [6.45, 7) is 0.407. The van der Waals surface area contributed by atoms with E-state index in [1.54, 1.807) is 12.4 Å². The maximum Gasteiger partial charge on any atom is 0.125 e. The first-order valence-electron chi connectivity index (χ1n) is 5.20. The maximum atomic E-state index is 9.23. The van der Waals surface area contributed by atoms with E-state index >= 15 is 0 Å². The van der Waals surface area contributed by atoms with Crippen molar-refractivity contribution in [3.05, 3.63) is 58.3 Å². The van der Waals surface area contributed by atoms with Crippen molar-refractivity contribution in [2.75, 3.05) is 0 Å². The van der Waals surface area contributed by atoms with Crippen LogP contribution in [0.15, 0.2) is 47.2 Å². The monoisotopic (exact) mass is 293 g/mol. The van der Waals surface area contributed by atoms with Gasteiger partial charge in [-0.05, 0) is 24.3 Å². The Bertz CT molecular complexity index is 488. The highest BCUT2D eigenvalue weighted by Gasteiger charge is 2.04. The summed E-state index contributed by atoms with van der Waals surface area (Å²) < 4.78 is 6.57. The quantitative estimate of drug-likeness (QED) is 0.942. The first-order chi connectivity index (χ1) is 8.29. The van der Waals surface area contributed by atoms with Crippen LogP contribution in [0.3, 0.4) is 0 Å². The lowest BCUT2D eigenvalue weighted by Crippen LogP contribution is -1.99. The molecule has 2 rings (SSSR count). The van der Waals surface area contributed by atoms with E-state index in [-0.39, 0.29) is 6.61 Å². The van der Waals surface area contributed by atoms with Crippen molar-refractivity contribution >= 4 is 15.9 Å². The fourth-order valence-electron chi connectivity index (χ4n) is 1.46. The molecule has 88 valence electrons. The number of halogens is 1. The van der Waals surface area contributed by atoms with E-state index in [2.05, 4.69) is 20.9 Å². The molecule has 0 aliphatic rings. The summed E-state index contributed by atoms with van der Waals surface area (Å²) in [5, 5.41) is 9.23. The molecule has 17 heavy (non-hydrogen) atoms. The Hall–Kier alpha value is -1.39. The molecule has 0 aliphatic carbocycles. The van der Waals surface area contributed by atoms with Crippen LogP contribution in [0.5, 0.6) is 5.75 Å². The Morgan fingerprint density at radius 3 is 2.88 bits per heavy atom. The minimum absolute atomic E-state index is 0.0399. The van der Waals surface area contributed by atoms with Crippen LogP contribution in [0.25, 0.3) is 0 Å². The number of hydrogen-bond acceptors (Lipinski definition) is 3. The molecule has 0 saturated heterocycles. The van der Waals surface area contributed by atoms with Gasteiger partial charge in [-0.2, -0.15) is 0 Å². The molecule has 0 saturated carbocycles. The van der Waals surface area contributed by atoms with Gasteiger partial charge in [-0.3, -0.25) is 4.98 Å². The number of aromatic nitrogens is 1. The molecular formula is C13H12BrNO2. The topological polar surface area (TPSA) is 42.4 Å². The Morgan fingerprint density at radius 1 is 1.29 bits per heavy atom. The van der Waals surface area contributed by atoms with Gasteiger partial charge >= 0.3 is 0 Å². The molecule has 1 aromatic carbocycles. The largest absolute Gasteiger partial charge is 0.488 e. The summed E-state index contributed by atoms with van der Waals surface area (Å²) in [4.78, 5) is 4.02. The Morgan fingerprint density at radius 2 is 2.18 bits per heavy atom. The van der Waals surface area contributed by atoms with Gasteiger partial charge in [-0.1, -0.05) is 22.0 Å². The molecule has 0 bridgehead atoms. The van der Waals surface area contributed by atoms with E-state index < -0.39 is 0 Å². The number of nitrogens with zero attached hydrogens (tertiary/aromatic N) is 1. The normalized spacial score (nSPS) is 10.2. The van der Waals surface area contributed by atoms with Gasteiger partial charge in [0, 0.05) is 28.0 Å². The fraction of sp³-hybridized carbons (Fsp3) is 0.154. The molecule has 0 fully saturated rings. The highest BCUT2D eigenvalue weighted by atomic mass is 79.9. The van der Waals surface area contributed by atoms with Gasteiger partial charge in [0.05, 0.1) is 6.61 Å². The van der Waals surface area contributed by atoms with Gasteiger partial charge in [0.2, 0.25) is 0 Å². The highest BCUT2D eigenvalue weighted by molar-refractivity contribution is 9.10. The van der Waals surface area contributed by atoms with Gasteiger partial charge in [0.1, 0.15) is 12.4 Å². The number of aliphatic hydroxyl groups is 1. The van der Waals surface area contributed by atoms with E-state index in [9.17, 15) is 5.11 Å². The van der Waals surface area contributed by atoms with E-state index in [0.29, 0.717) is 12.4 Å². The van der Waals surface area contributed by atoms with Gasteiger partial charge < -0.3 is 9.84 Å². The number of hydrogen-bond donors (Lipinski definition) is 1. The molecule has 0 radical (unpaired) electrons. The van der Waals surface area contributed by atoms with Crippen LogP contribution in [0.1, 0.15) is 11.1 Å². The highest BCUT2D eigenvalue weighted by Crippen LogP contribution is 2.23. The number of rotatable bonds is 4. The van der Waals surface area contributed by atoms with Gasteiger partial charge in [0.25, 0.3) is 0 Å². The summed E-state index contributed by atoms with van der Waals surface area (Å²) in [7, 11) is 0. The molecule has 0 atom stereocenters. The van der Waals surface area contributed by atoms with Crippen molar-refractivity contribution in [2.24, 2.45) is 0 Å². The lowest BCUT2D eigenvalue weighted by atomic mass is 10.2. The molecule has 3 nitrogen and oxygen atoms in total. The summed E-state index contributed by atoms with van der Waals surface area (Å²) in [5.74, 6) is 0.694. The molecule has 0 amide bonds. The predicted molar refractivity (Wildman–Crippen MR) is 68.6 cm³/mol. The van der Waals surface area contributed by atoms with Gasteiger partial charge in [-0.15, -0.1) is 0 Å². The van der Waals surface area contributed by atoms with E-state index in [1.807, 2.05) is 30.3 Å². The van der Waals surface area contributed by atoms with E-state index in [0.717, 1.165) is 15.6 Å². The minimum atomic E-state index is -0.0399. The molecular weight excluding hydrogens is 282 g/mol. The van der Waals surface area contributed by atoms with Crippen LogP contribution in [0.4, 0.5) is 0 Å². The summed E-state index contributed by atoms with van der Waals surface area (Å²) in [5.41, 5.74) is 1.77. The molecule has 0 spiro atoms. The number of aliphatic hydroxyl groups excluding tert-OH is 1. The SMILES string of the molecule is OCc1cc(Br)ccc1OCc1cccnc1. The van der Waals surface area contributed by atoms with Crippen molar-refractivity contribution in [1.29, 1.82) is 0 Å². The van der Waals surface area contributed by atoms with Gasteiger partial charge in [-0.25, -0.2) is 0 Å². The zero-order chi connectivity index (χ0) is 12.1. The Balaban J connectivity index is 2.09. The lowest BCUT2D eigenvalue weighted by molar-refractivity contribution is 0.259. The molecule has 1 N–H and O–H groups in total. The second kappa shape index (κ2) is 5.80. The van der Waals surface area contributed by atoms with Crippen LogP contribution in [0.2, 0.25) is 0 Å². The molecule has 1 aromatic heterocycles. The third kappa shape index (κ3) is 3.28. The first kappa shape index (κ1) is 12.1. The molecule has 0 unspecified atom stereocenters. The van der Waals surface area contributed by atoms with Crippen LogP contribution in [-0.2, 0) is 13.2 Å². The number of benzene rings is 1. The molecule has 4 heteroatoms. The third-order valence-corrected chi connectivity index (χ3v) is 2.80. The van der Waals surface area contributed by atoms with E-state index in [1.165, 1.54) is 0 Å². The Kier molecular flexibility index (Phi) is 4.12. The van der Waals surface area contributed by atoms with Crippen molar-refractivity contribution < 1.29 is 9.84 Å². The second-order valence-electron chi connectivity index (χ2n) is 3.56. The summed E-state index contributed by atoms with van der Waals surface area (Å²) in [6, 6.07) is 9.39. The predicted octanol–water partition coefficient (Wildman–Crippen LogP) is 2.92. The minimum Gasteiger partial charge on any atom is -0.488 e. The van der Waals surface area contributed by atoms with Crippen molar-refractivity contribution in [3.8, 4) is 5.75 Å². The lowest BCUT2D eigenvalue weighted by Gasteiger charge is -2.10. The zero-order valence-corrected chi connectivity index (χ0v) is 10.7. The van der Waals surface area contributed by atoms with Crippen molar-refractivity contribution in [2.45, 2.75) is 13.2 Å². The molecule has 0 aliphatic heterocycles. The van der Waals surface area contributed by atoms with Crippen molar-refractivity contribution in [3.63, 3.8) is 0 Å². The van der Waals surface area contributed by atoms with Crippen LogP contribution < -0.4 is 4.74 Å². The average molecular weight is 294 g/mol. The fourth-order valence-corrected chi connectivity index (χ4v) is 1.87. The summed E-state index contributed by atoms with van der Waals surface area (Å²) in [6.07, 6.45) is 3.49. The van der Waals surface area contributed by atoms with Crippen LogP contribution >= 0.6 is 15.9 Å². The second-order valence-corrected chi connectivity index (χ2v) is 4.48. The van der Waals surface area contributed by atoms with Crippen molar-refractivity contribution in [1.82, 2.24) is 4.98 Å². The molecule has 2 aromatic rings. The average Bonchev–Trinajstić information content (AvgIpc) is 2.38.